The minimum absolute atomic E-state index is 0.377. The average molecular weight is 360 g/mol. The Morgan fingerprint density at radius 1 is 1.29 bits per heavy atom. The molecular formula is C14H13BrF3N3. The van der Waals surface area contributed by atoms with Gasteiger partial charge in [-0.1, -0.05) is 0 Å². The molecule has 1 aliphatic rings. The molecule has 1 saturated carbocycles. The lowest BCUT2D eigenvalue weighted by Crippen LogP contribution is -2.15. The Morgan fingerprint density at radius 2 is 2.05 bits per heavy atom. The molecule has 2 aromatic rings. The van der Waals surface area contributed by atoms with E-state index in [0.29, 0.717) is 22.7 Å². The van der Waals surface area contributed by atoms with Crippen molar-refractivity contribution in [1.29, 1.82) is 0 Å². The second-order valence-electron chi connectivity index (χ2n) is 5.07. The van der Waals surface area contributed by atoms with Crippen LogP contribution in [-0.2, 0) is 12.7 Å². The molecule has 0 radical (unpaired) electrons. The summed E-state index contributed by atoms with van der Waals surface area (Å²) in [5.41, 5.74) is 0.502. The van der Waals surface area contributed by atoms with Gasteiger partial charge in [0, 0.05) is 23.3 Å². The molecule has 0 aliphatic heterocycles. The van der Waals surface area contributed by atoms with Crippen molar-refractivity contribution in [2.75, 3.05) is 0 Å². The Labute approximate surface area is 128 Å². The zero-order chi connectivity index (χ0) is 15.0. The summed E-state index contributed by atoms with van der Waals surface area (Å²) < 4.78 is 40.4. The fourth-order valence-electron chi connectivity index (χ4n) is 1.99. The summed E-state index contributed by atoms with van der Waals surface area (Å²) in [6.45, 7) is 0.633. The molecule has 0 bridgehead atoms. The number of hydrogen-bond donors (Lipinski definition) is 1. The van der Waals surface area contributed by atoms with E-state index in [1.165, 1.54) is 23.6 Å². The van der Waals surface area contributed by atoms with Crippen LogP contribution < -0.4 is 5.32 Å². The summed E-state index contributed by atoms with van der Waals surface area (Å²) in [4.78, 5) is 0. The molecule has 1 aliphatic carbocycles. The standard InChI is InChI=1S/C14H13BrF3N3/c15-12-4-1-9(14(16,17)18)7-13(12)21-6-5-11(20-21)8-19-10-2-3-10/h1,4-7,10,19H,2-3,8H2. The van der Waals surface area contributed by atoms with Crippen LogP contribution in [0.4, 0.5) is 13.2 Å². The summed E-state index contributed by atoms with van der Waals surface area (Å²) in [5, 5.41) is 7.64. The molecule has 1 aromatic carbocycles. The highest BCUT2D eigenvalue weighted by Gasteiger charge is 2.31. The molecule has 1 aromatic heterocycles. The number of benzene rings is 1. The molecule has 0 atom stereocenters. The zero-order valence-corrected chi connectivity index (χ0v) is 12.6. The first-order valence-corrected chi connectivity index (χ1v) is 7.38. The lowest BCUT2D eigenvalue weighted by Gasteiger charge is -2.10. The van der Waals surface area contributed by atoms with E-state index in [2.05, 4.69) is 26.3 Å². The molecule has 112 valence electrons. The van der Waals surface area contributed by atoms with Crippen LogP contribution in [0, 0.1) is 0 Å². The van der Waals surface area contributed by atoms with Crippen molar-refractivity contribution in [2.45, 2.75) is 31.6 Å². The fraction of sp³-hybridized carbons (Fsp3) is 0.357. The third-order valence-electron chi connectivity index (χ3n) is 3.31. The highest BCUT2D eigenvalue weighted by molar-refractivity contribution is 9.10. The van der Waals surface area contributed by atoms with Gasteiger partial charge in [0.2, 0.25) is 0 Å². The summed E-state index contributed by atoms with van der Waals surface area (Å²) in [6, 6.07) is 5.90. The number of rotatable bonds is 4. The topological polar surface area (TPSA) is 29.9 Å². The van der Waals surface area contributed by atoms with Gasteiger partial charge in [-0.25, -0.2) is 4.68 Å². The molecule has 21 heavy (non-hydrogen) atoms. The number of aromatic nitrogens is 2. The van der Waals surface area contributed by atoms with Crippen LogP contribution in [0.15, 0.2) is 34.9 Å². The molecule has 0 unspecified atom stereocenters. The number of alkyl halides is 3. The first-order valence-electron chi connectivity index (χ1n) is 6.58. The normalized spacial score (nSPS) is 15.4. The monoisotopic (exact) mass is 359 g/mol. The van der Waals surface area contributed by atoms with E-state index >= 15 is 0 Å². The maximum atomic E-state index is 12.8. The van der Waals surface area contributed by atoms with Gasteiger partial charge in [0.1, 0.15) is 0 Å². The second kappa shape index (κ2) is 5.46. The first-order chi connectivity index (χ1) is 9.93. The Kier molecular flexibility index (Phi) is 3.79. The average Bonchev–Trinajstić information content (AvgIpc) is 3.13. The van der Waals surface area contributed by atoms with Crippen LogP contribution in [0.2, 0.25) is 0 Å². The number of nitrogens with one attached hydrogen (secondary N) is 1. The van der Waals surface area contributed by atoms with Gasteiger partial charge < -0.3 is 5.32 Å². The minimum atomic E-state index is -4.36. The minimum Gasteiger partial charge on any atom is -0.308 e. The predicted molar refractivity (Wildman–Crippen MR) is 76.1 cm³/mol. The van der Waals surface area contributed by atoms with E-state index < -0.39 is 11.7 Å². The Hall–Kier alpha value is -1.34. The summed E-state index contributed by atoms with van der Waals surface area (Å²) in [5.74, 6) is 0. The maximum absolute atomic E-state index is 12.8. The van der Waals surface area contributed by atoms with E-state index in [1.54, 1.807) is 6.20 Å². The van der Waals surface area contributed by atoms with Crippen LogP contribution in [0.1, 0.15) is 24.1 Å². The maximum Gasteiger partial charge on any atom is 0.416 e. The van der Waals surface area contributed by atoms with Crippen molar-refractivity contribution >= 4 is 15.9 Å². The van der Waals surface area contributed by atoms with Gasteiger partial charge in [0.15, 0.2) is 0 Å². The molecule has 0 amide bonds. The molecule has 1 N–H and O–H groups in total. The molecule has 0 spiro atoms. The lowest BCUT2D eigenvalue weighted by molar-refractivity contribution is -0.137. The first kappa shape index (κ1) is 14.6. The molecule has 1 heterocycles. The highest BCUT2D eigenvalue weighted by atomic mass is 79.9. The molecule has 7 heteroatoms. The number of halogens is 4. The van der Waals surface area contributed by atoms with E-state index in [0.717, 1.165) is 17.8 Å². The largest absolute Gasteiger partial charge is 0.416 e. The highest BCUT2D eigenvalue weighted by Crippen LogP contribution is 2.33. The summed E-state index contributed by atoms with van der Waals surface area (Å²) in [7, 11) is 0. The van der Waals surface area contributed by atoms with Gasteiger partial charge in [0.25, 0.3) is 0 Å². The van der Waals surface area contributed by atoms with E-state index in [4.69, 9.17) is 0 Å². The van der Waals surface area contributed by atoms with Crippen molar-refractivity contribution in [3.05, 3.63) is 46.2 Å². The smallest absolute Gasteiger partial charge is 0.308 e. The van der Waals surface area contributed by atoms with Crippen molar-refractivity contribution in [1.82, 2.24) is 15.1 Å². The lowest BCUT2D eigenvalue weighted by atomic mass is 10.2. The van der Waals surface area contributed by atoms with Crippen LogP contribution >= 0.6 is 15.9 Å². The van der Waals surface area contributed by atoms with Gasteiger partial charge in [0.05, 0.1) is 16.9 Å². The SMILES string of the molecule is FC(F)(F)c1ccc(Br)c(-n2ccc(CNC3CC3)n2)c1. The van der Waals surface area contributed by atoms with Crippen molar-refractivity contribution < 1.29 is 13.2 Å². The van der Waals surface area contributed by atoms with Gasteiger partial charge in [-0.2, -0.15) is 18.3 Å². The molecule has 3 rings (SSSR count). The third-order valence-corrected chi connectivity index (χ3v) is 3.98. The van der Waals surface area contributed by atoms with Crippen molar-refractivity contribution in [3.8, 4) is 5.69 Å². The van der Waals surface area contributed by atoms with E-state index in [-0.39, 0.29) is 0 Å². The van der Waals surface area contributed by atoms with E-state index in [1.807, 2.05) is 6.07 Å². The zero-order valence-electron chi connectivity index (χ0n) is 11.0. The van der Waals surface area contributed by atoms with Crippen LogP contribution in [0.5, 0.6) is 0 Å². The van der Waals surface area contributed by atoms with Crippen molar-refractivity contribution in [3.63, 3.8) is 0 Å². The molecule has 1 fully saturated rings. The molecule has 0 saturated heterocycles. The van der Waals surface area contributed by atoms with Crippen LogP contribution in [0.3, 0.4) is 0 Å². The van der Waals surface area contributed by atoms with Crippen LogP contribution in [-0.4, -0.2) is 15.8 Å². The van der Waals surface area contributed by atoms with E-state index in [9.17, 15) is 13.2 Å². The van der Waals surface area contributed by atoms with Crippen molar-refractivity contribution in [2.24, 2.45) is 0 Å². The van der Waals surface area contributed by atoms with Gasteiger partial charge >= 0.3 is 6.18 Å². The quantitative estimate of drug-likeness (QED) is 0.896. The fourth-order valence-corrected chi connectivity index (χ4v) is 2.42. The Balaban J connectivity index is 1.84. The molecular weight excluding hydrogens is 347 g/mol. The Bertz CT molecular complexity index is 647. The third kappa shape index (κ3) is 3.47. The predicted octanol–water partition coefficient (Wildman–Crippen LogP) is 3.91. The molecule has 3 nitrogen and oxygen atoms in total. The van der Waals surface area contributed by atoms with Gasteiger partial charge in [-0.3, -0.25) is 0 Å². The van der Waals surface area contributed by atoms with Gasteiger partial charge in [-0.15, -0.1) is 0 Å². The van der Waals surface area contributed by atoms with Gasteiger partial charge in [-0.05, 0) is 53.0 Å². The number of hydrogen-bond acceptors (Lipinski definition) is 2. The Morgan fingerprint density at radius 3 is 2.71 bits per heavy atom. The second-order valence-corrected chi connectivity index (χ2v) is 5.93. The summed E-state index contributed by atoms with van der Waals surface area (Å²) >= 11 is 3.27. The number of nitrogens with zero attached hydrogens (tertiary/aromatic N) is 2. The summed E-state index contributed by atoms with van der Waals surface area (Å²) in [6.07, 6.45) is -0.330. The van der Waals surface area contributed by atoms with Crippen LogP contribution in [0.25, 0.3) is 5.69 Å².